The Labute approximate surface area is 101 Å². The van der Waals surface area contributed by atoms with Crippen LogP contribution in [0.15, 0.2) is 11.2 Å². The van der Waals surface area contributed by atoms with Crippen LogP contribution in [0.25, 0.3) is 0 Å². The van der Waals surface area contributed by atoms with Crippen molar-refractivity contribution in [2.45, 2.75) is 44.7 Å². The van der Waals surface area contributed by atoms with E-state index in [1.54, 1.807) is 17.8 Å². The largest absolute Gasteiger partial charge is 0.296 e. The number of carbonyl (C=O) groups excluding carboxylic acids is 1. The van der Waals surface area contributed by atoms with Crippen LogP contribution in [0.4, 0.5) is 0 Å². The summed E-state index contributed by atoms with van der Waals surface area (Å²) in [5.41, 5.74) is 1.33. The van der Waals surface area contributed by atoms with Gasteiger partial charge in [-0.1, -0.05) is 37.9 Å². The summed E-state index contributed by atoms with van der Waals surface area (Å²) < 4.78 is 0. The maximum atomic E-state index is 10.6. The van der Waals surface area contributed by atoms with E-state index in [9.17, 15) is 4.79 Å². The molecule has 1 rings (SSSR count). The molecule has 0 aliphatic carbocycles. The summed E-state index contributed by atoms with van der Waals surface area (Å²) in [5, 5.41) is 0.721. The van der Waals surface area contributed by atoms with Crippen LogP contribution in [0.5, 0.6) is 0 Å². The van der Waals surface area contributed by atoms with Crippen LogP contribution in [0.3, 0.4) is 0 Å². The number of hydrogen-bond acceptors (Lipinski definition) is 4. The second kappa shape index (κ2) is 7.39. The molecule has 0 N–H and O–H groups in total. The summed E-state index contributed by atoms with van der Waals surface area (Å²) in [6.45, 7) is 4.09. The minimum atomic E-state index is 0.476. The van der Waals surface area contributed by atoms with Gasteiger partial charge in [-0.15, -0.1) is 0 Å². The summed E-state index contributed by atoms with van der Waals surface area (Å²) in [4.78, 5) is 19.1. The molecule has 0 fully saturated rings. The van der Waals surface area contributed by atoms with Gasteiger partial charge in [-0.2, -0.15) is 0 Å². The molecule has 0 atom stereocenters. The number of nitrogens with zero attached hydrogens (tertiary/aromatic N) is 2. The number of rotatable bonds is 7. The van der Waals surface area contributed by atoms with E-state index in [0.717, 1.165) is 22.9 Å². The highest BCUT2D eigenvalue weighted by molar-refractivity contribution is 7.99. The lowest BCUT2D eigenvalue weighted by molar-refractivity contribution is 0.111. The maximum absolute atomic E-state index is 10.6. The Morgan fingerprint density at radius 1 is 1.31 bits per heavy atom. The van der Waals surface area contributed by atoms with Gasteiger partial charge in [-0.25, -0.2) is 9.97 Å². The third kappa shape index (κ3) is 4.75. The number of aryl methyl sites for hydroxylation is 1. The Hall–Kier alpha value is -0.900. The van der Waals surface area contributed by atoms with E-state index in [1.807, 2.05) is 6.92 Å². The minimum absolute atomic E-state index is 0.476. The average molecular weight is 238 g/mol. The lowest BCUT2D eigenvalue weighted by Gasteiger charge is -2.02. The minimum Gasteiger partial charge on any atom is -0.296 e. The van der Waals surface area contributed by atoms with Crippen molar-refractivity contribution in [3.05, 3.63) is 17.5 Å². The second-order valence-electron chi connectivity index (χ2n) is 3.74. The van der Waals surface area contributed by atoms with Crippen LogP contribution in [-0.4, -0.2) is 22.0 Å². The van der Waals surface area contributed by atoms with Crippen molar-refractivity contribution >= 4 is 18.0 Å². The average Bonchev–Trinajstić information content (AvgIpc) is 2.28. The number of carbonyl (C=O) groups is 1. The van der Waals surface area contributed by atoms with Gasteiger partial charge in [0.05, 0.1) is 0 Å². The normalized spacial score (nSPS) is 10.4. The number of unbranched alkanes of at least 4 members (excludes halogenated alkanes) is 3. The number of aldehydes is 1. The molecule has 1 aromatic rings. The van der Waals surface area contributed by atoms with Crippen molar-refractivity contribution in [1.82, 2.24) is 9.97 Å². The first-order valence-corrected chi connectivity index (χ1v) is 6.68. The predicted molar refractivity (Wildman–Crippen MR) is 67.0 cm³/mol. The van der Waals surface area contributed by atoms with Crippen molar-refractivity contribution in [1.29, 1.82) is 0 Å². The molecule has 0 unspecified atom stereocenters. The smallest absolute Gasteiger partial charge is 0.188 e. The Balaban J connectivity index is 2.41. The van der Waals surface area contributed by atoms with Crippen molar-refractivity contribution in [3.63, 3.8) is 0 Å². The van der Waals surface area contributed by atoms with E-state index in [0.29, 0.717) is 5.69 Å². The lowest BCUT2D eigenvalue weighted by atomic mass is 10.2. The van der Waals surface area contributed by atoms with Crippen LogP contribution in [0.2, 0.25) is 0 Å². The highest BCUT2D eigenvalue weighted by atomic mass is 32.2. The molecule has 88 valence electrons. The molecule has 0 radical (unpaired) electrons. The SMILES string of the molecule is CCCCCCSc1nc(C)cc(C=O)n1. The van der Waals surface area contributed by atoms with Gasteiger partial charge >= 0.3 is 0 Å². The molecule has 1 heterocycles. The van der Waals surface area contributed by atoms with Crippen molar-refractivity contribution < 1.29 is 4.79 Å². The molecule has 0 spiro atoms. The molecular weight excluding hydrogens is 220 g/mol. The molecule has 0 saturated heterocycles. The molecule has 4 heteroatoms. The number of hydrogen-bond donors (Lipinski definition) is 0. The van der Waals surface area contributed by atoms with Crippen LogP contribution in [0, 0.1) is 6.92 Å². The summed E-state index contributed by atoms with van der Waals surface area (Å²) in [5.74, 6) is 1.03. The fraction of sp³-hybridized carbons (Fsp3) is 0.583. The third-order valence-corrected chi connectivity index (χ3v) is 3.14. The molecule has 16 heavy (non-hydrogen) atoms. The second-order valence-corrected chi connectivity index (χ2v) is 4.81. The summed E-state index contributed by atoms with van der Waals surface area (Å²) >= 11 is 1.63. The Kier molecular flexibility index (Phi) is 6.08. The van der Waals surface area contributed by atoms with Gasteiger partial charge in [0, 0.05) is 11.4 Å². The highest BCUT2D eigenvalue weighted by Crippen LogP contribution is 2.16. The standard InChI is InChI=1S/C12H18N2OS/c1-3-4-5-6-7-16-12-13-10(2)8-11(9-15)14-12/h8-9H,3-7H2,1-2H3. The zero-order valence-corrected chi connectivity index (χ0v) is 10.7. The van der Waals surface area contributed by atoms with Crippen LogP contribution >= 0.6 is 11.8 Å². The van der Waals surface area contributed by atoms with E-state index in [4.69, 9.17) is 0 Å². The summed E-state index contributed by atoms with van der Waals surface area (Å²) in [6, 6.07) is 1.70. The fourth-order valence-electron chi connectivity index (χ4n) is 1.38. The van der Waals surface area contributed by atoms with Gasteiger partial charge in [-0.05, 0) is 19.4 Å². The number of aromatic nitrogens is 2. The topological polar surface area (TPSA) is 42.9 Å². The molecule has 0 saturated carbocycles. The molecule has 1 aromatic heterocycles. The lowest BCUT2D eigenvalue weighted by Crippen LogP contribution is -1.96. The van der Waals surface area contributed by atoms with Crippen molar-refractivity contribution in [2.75, 3.05) is 5.75 Å². The molecule has 0 aliphatic rings. The quantitative estimate of drug-likeness (QED) is 0.316. The first-order chi connectivity index (χ1) is 7.76. The van der Waals surface area contributed by atoms with Gasteiger partial charge in [0.1, 0.15) is 5.69 Å². The van der Waals surface area contributed by atoms with Gasteiger partial charge in [0.2, 0.25) is 0 Å². The monoisotopic (exact) mass is 238 g/mol. The zero-order chi connectivity index (χ0) is 11.8. The molecule has 3 nitrogen and oxygen atoms in total. The van der Waals surface area contributed by atoms with E-state index in [-0.39, 0.29) is 0 Å². The van der Waals surface area contributed by atoms with Crippen LogP contribution in [0.1, 0.15) is 48.8 Å². The zero-order valence-electron chi connectivity index (χ0n) is 9.90. The van der Waals surface area contributed by atoms with Crippen molar-refractivity contribution in [2.24, 2.45) is 0 Å². The van der Waals surface area contributed by atoms with Gasteiger partial charge in [0.25, 0.3) is 0 Å². The van der Waals surface area contributed by atoms with Gasteiger partial charge in [0.15, 0.2) is 11.4 Å². The first-order valence-electron chi connectivity index (χ1n) is 5.70. The molecule has 0 amide bonds. The fourth-order valence-corrected chi connectivity index (χ4v) is 2.29. The molecule has 0 aliphatic heterocycles. The predicted octanol–water partition coefficient (Wildman–Crippen LogP) is 3.27. The van der Waals surface area contributed by atoms with Gasteiger partial charge in [-0.3, -0.25) is 4.79 Å². The van der Waals surface area contributed by atoms with E-state index in [1.165, 1.54) is 25.7 Å². The molecule has 0 aromatic carbocycles. The van der Waals surface area contributed by atoms with E-state index >= 15 is 0 Å². The Morgan fingerprint density at radius 2 is 2.12 bits per heavy atom. The van der Waals surface area contributed by atoms with E-state index in [2.05, 4.69) is 16.9 Å². The van der Waals surface area contributed by atoms with Crippen LogP contribution < -0.4 is 0 Å². The summed E-state index contributed by atoms with van der Waals surface area (Å²) in [6.07, 6.45) is 5.76. The molecule has 0 bridgehead atoms. The number of thioether (sulfide) groups is 1. The maximum Gasteiger partial charge on any atom is 0.188 e. The Bertz CT molecular complexity index is 342. The van der Waals surface area contributed by atoms with Crippen LogP contribution in [-0.2, 0) is 0 Å². The van der Waals surface area contributed by atoms with Gasteiger partial charge < -0.3 is 0 Å². The summed E-state index contributed by atoms with van der Waals surface area (Å²) in [7, 11) is 0. The first kappa shape index (κ1) is 13.2. The molecular formula is C12H18N2OS. The van der Waals surface area contributed by atoms with E-state index < -0.39 is 0 Å². The van der Waals surface area contributed by atoms with Crippen molar-refractivity contribution in [3.8, 4) is 0 Å². The third-order valence-electron chi connectivity index (χ3n) is 2.20. The Morgan fingerprint density at radius 3 is 2.81 bits per heavy atom. The highest BCUT2D eigenvalue weighted by Gasteiger charge is 2.01.